The van der Waals surface area contributed by atoms with Gasteiger partial charge in [0.1, 0.15) is 5.82 Å². The number of anilines is 2. The minimum atomic E-state index is -0.339. The summed E-state index contributed by atoms with van der Waals surface area (Å²) in [5.41, 5.74) is 2.22. The van der Waals surface area contributed by atoms with Gasteiger partial charge in [0.15, 0.2) is 0 Å². The number of amides is 2. The predicted molar refractivity (Wildman–Crippen MR) is 113 cm³/mol. The molecule has 6 nitrogen and oxygen atoms in total. The molecule has 0 bridgehead atoms. The Kier molecular flexibility index (Phi) is 7.19. The van der Waals surface area contributed by atoms with E-state index in [1.54, 1.807) is 6.07 Å². The van der Waals surface area contributed by atoms with E-state index < -0.39 is 0 Å². The minimum Gasteiger partial charge on any atom is -0.325 e. The van der Waals surface area contributed by atoms with E-state index >= 15 is 0 Å². The van der Waals surface area contributed by atoms with Crippen molar-refractivity contribution >= 4 is 34.8 Å². The highest BCUT2D eigenvalue weighted by molar-refractivity contribution is 6.31. The third-order valence-corrected chi connectivity index (χ3v) is 5.19. The zero-order valence-corrected chi connectivity index (χ0v) is 17.0. The average molecular weight is 419 g/mol. The number of carbonyl (C=O) groups excluding carboxylic acids is 2. The van der Waals surface area contributed by atoms with Gasteiger partial charge < -0.3 is 10.6 Å². The van der Waals surface area contributed by atoms with Crippen molar-refractivity contribution in [2.24, 2.45) is 0 Å². The lowest BCUT2D eigenvalue weighted by Gasteiger charge is -2.33. The second kappa shape index (κ2) is 9.82. The van der Waals surface area contributed by atoms with Gasteiger partial charge in [-0.05, 0) is 48.9 Å². The van der Waals surface area contributed by atoms with Crippen LogP contribution in [0.1, 0.15) is 5.56 Å². The SMILES string of the molecule is Cc1ccc(NC(=O)CN2CCN(CC(=O)Nc3ccc(F)cc3)CC2)cc1Cl. The van der Waals surface area contributed by atoms with Crippen LogP contribution in [0, 0.1) is 12.7 Å². The molecule has 2 N–H and O–H groups in total. The van der Waals surface area contributed by atoms with Crippen LogP contribution in [0.4, 0.5) is 15.8 Å². The Labute approximate surface area is 174 Å². The lowest BCUT2D eigenvalue weighted by atomic mass is 10.2. The van der Waals surface area contributed by atoms with E-state index in [1.807, 2.05) is 24.0 Å². The summed E-state index contributed by atoms with van der Waals surface area (Å²) in [6.45, 7) is 5.26. The van der Waals surface area contributed by atoms with Gasteiger partial charge in [0.05, 0.1) is 13.1 Å². The highest BCUT2D eigenvalue weighted by Crippen LogP contribution is 2.20. The van der Waals surface area contributed by atoms with Crippen molar-refractivity contribution in [3.8, 4) is 0 Å². The lowest BCUT2D eigenvalue weighted by molar-refractivity contribution is -0.120. The Morgan fingerprint density at radius 3 is 1.90 bits per heavy atom. The van der Waals surface area contributed by atoms with Crippen molar-refractivity contribution in [1.29, 1.82) is 0 Å². The quantitative estimate of drug-likeness (QED) is 0.757. The Morgan fingerprint density at radius 2 is 1.38 bits per heavy atom. The van der Waals surface area contributed by atoms with Crippen molar-refractivity contribution in [3.05, 3.63) is 58.9 Å². The van der Waals surface area contributed by atoms with Crippen LogP contribution in [0.25, 0.3) is 0 Å². The summed E-state index contributed by atoms with van der Waals surface area (Å²) in [5.74, 6) is -0.569. The van der Waals surface area contributed by atoms with Gasteiger partial charge in [0.2, 0.25) is 11.8 Å². The van der Waals surface area contributed by atoms with E-state index in [4.69, 9.17) is 11.6 Å². The number of halogens is 2. The van der Waals surface area contributed by atoms with Crippen molar-refractivity contribution in [2.45, 2.75) is 6.92 Å². The number of hydrogen-bond donors (Lipinski definition) is 2. The van der Waals surface area contributed by atoms with Crippen LogP contribution in [-0.2, 0) is 9.59 Å². The highest BCUT2D eigenvalue weighted by Gasteiger charge is 2.20. The number of piperazine rings is 1. The molecule has 3 rings (SSSR count). The monoisotopic (exact) mass is 418 g/mol. The van der Waals surface area contributed by atoms with Crippen molar-refractivity contribution in [1.82, 2.24) is 9.80 Å². The summed E-state index contributed by atoms with van der Waals surface area (Å²) in [6.07, 6.45) is 0. The summed E-state index contributed by atoms with van der Waals surface area (Å²) in [7, 11) is 0. The molecule has 0 aromatic heterocycles. The molecule has 0 saturated carbocycles. The van der Waals surface area contributed by atoms with E-state index in [0.29, 0.717) is 49.1 Å². The molecular formula is C21H24ClFN4O2. The molecule has 1 aliphatic heterocycles. The Morgan fingerprint density at radius 1 is 0.897 bits per heavy atom. The van der Waals surface area contributed by atoms with Gasteiger partial charge in [-0.3, -0.25) is 19.4 Å². The van der Waals surface area contributed by atoms with Crippen LogP contribution in [0.5, 0.6) is 0 Å². The first-order valence-electron chi connectivity index (χ1n) is 9.45. The van der Waals surface area contributed by atoms with E-state index in [0.717, 1.165) is 5.56 Å². The first kappa shape index (κ1) is 21.2. The summed E-state index contributed by atoms with van der Waals surface area (Å²) in [6, 6.07) is 11.1. The van der Waals surface area contributed by atoms with Crippen LogP contribution in [0.3, 0.4) is 0 Å². The highest BCUT2D eigenvalue weighted by atomic mass is 35.5. The van der Waals surface area contributed by atoms with Crippen LogP contribution in [0.2, 0.25) is 5.02 Å². The molecule has 1 heterocycles. The largest absolute Gasteiger partial charge is 0.325 e. The zero-order valence-electron chi connectivity index (χ0n) is 16.3. The third kappa shape index (κ3) is 6.52. The maximum atomic E-state index is 12.9. The van der Waals surface area contributed by atoms with Crippen LogP contribution in [-0.4, -0.2) is 60.9 Å². The molecule has 1 aliphatic rings. The smallest absolute Gasteiger partial charge is 0.238 e. The number of nitrogens with one attached hydrogen (secondary N) is 2. The minimum absolute atomic E-state index is 0.0903. The first-order valence-corrected chi connectivity index (χ1v) is 9.83. The maximum Gasteiger partial charge on any atom is 0.238 e. The van der Waals surface area contributed by atoms with Gasteiger partial charge in [-0.2, -0.15) is 0 Å². The van der Waals surface area contributed by atoms with Crippen LogP contribution in [0.15, 0.2) is 42.5 Å². The third-order valence-electron chi connectivity index (χ3n) is 4.78. The van der Waals surface area contributed by atoms with Gasteiger partial charge in [0, 0.05) is 42.6 Å². The second-order valence-electron chi connectivity index (χ2n) is 7.12. The molecule has 1 saturated heterocycles. The van der Waals surface area contributed by atoms with Crippen LogP contribution < -0.4 is 10.6 Å². The van der Waals surface area contributed by atoms with Gasteiger partial charge in [-0.25, -0.2) is 4.39 Å². The van der Waals surface area contributed by atoms with Crippen LogP contribution >= 0.6 is 11.6 Å². The lowest BCUT2D eigenvalue weighted by Crippen LogP contribution is -2.50. The number of aryl methyl sites for hydroxylation is 1. The summed E-state index contributed by atoms with van der Waals surface area (Å²) in [5, 5.41) is 6.24. The second-order valence-corrected chi connectivity index (χ2v) is 7.53. The maximum absolute atomic E-state index is 12.9. The number of carbonyl (C=O) groups is 2. The molecule has 0 atom stereocenters. The molecule has 0 unspecified atom stereocenters. The summed E-state index contributed by atoms with van der Waals surface area (Å²) in [4.78, 5) is 28.5. The molecule has 1 fully saturated rings. The molecule has 0 spiro atoms. The van der Waals surface area contributed by atoms with Crippen molar-refractivity contribution < 1.29 is 14.0 Å². The molecular weight excluding hydrogens is 395 g/mol. The van der Waals surface area contributed by atoms with Crippen molar-refractivity contribution in [3.63, 3.8) is 0 Å². The molecule has 2 aromatic carbocycles. The van der Waals surface area contributed by atoms with Gasteiger partial charge >= 0.3 is 0 Å². The molecule has 2 aromatic rings. The Balaban J connectivity index is 1.39. The fourth-order valence-corrected chi connectivity index (χ4v) is 3.30. The Bertz CT molecular complexity index is 867. The molecule has 2 amide bonds. The summed E-state index contributed by atoms with van der Waals surface area (Å²) < 4.78 is 12.9. The van der Waals surface area contributed by atoms with E-state index in [2.05, 4.69) is 15.5 Å². The van der Waals surface area contributed by atoms with Crippen molar-refractivity contribution in [2.75, 3.05) is 49.9 Å². The fraction of sp³-hybridized carbons (Fsp3) is 0.333. The molecule has 0 radical (unpaired) electrons. The van der Waals surface area contributed by atoms with E-state index in [9.17, 15) is 14.0 Å². The van der Waals surface area contributed by atoms with E-state index in [1.165, 1.54) is 24.3 Å². The zero-order chi connectivity index (χ0) is 20.8. The number of nitrogens with zero attached hydrogens (tertiary/aromatic N) is 2. The Hall–Kier alpha value is -2.48. The number of hydrogen-bond acceptors (Lipinski definition) is 4. The van der Waals surface area contributed by atoms with E-state index in [-0.39, 0.29) is 24.2 Å². The molecule has 29 heavy (non-hydrogen) atoms. The number of rotatable bonds is 6. The topological polar surface area (TPSA) is 64.7 Å². The molecule has 154 valence electrons. The normalized spacial score (nSPS) is 15.1. The first-order chi connectivity index (χ1) is 13.9. The molecule has 8 heteroatoms. The average Bonchev–Trinajstić information content (AvgIpc) is 2.68. The standard InChI is InChI=1S/C21H24ClFN4O2/c1-15-2-5-18(12-19(15)22)25-21(29)14-27-10-8-26(9-11-27)13-20(28)24-17-6-3-16(23)4-7-17/h2-7,12H,8-11,13-14H2,1H3,(H,24,28)(H,25,29). The van der Waals surface area contributed by atoms with Gasteiger partial charge in [0.25, 0.3) is 0 Å². The van der Waals surface area contributed by atoms with Gasteiger partial charge in [-0.15, -0.1) is 0 Å². The number of benzene rings is 2. The molecule has 0 aliphatic carbocycles. The fourth-order valence-electron chi connectivity index (χ4n) is 3.12. The predicted octanol–water partition coefficient (Wildman–Crippen LogP) is 2.98. The van der Waals surface area contributed by atoms with Gasteiger partial charge in [-0.1, -0.05) is 17.7 Å². The summed E-state index contributed by atoms with van der Waals surface area (Å²) >= 11 is 6.09.